The van der Waals surface area contributed by atoms with E-state index in [4.69, 9.17) is 0 Å². The standard InChI is InChI=1S/C11H14N6O/c1-12-5-6-13-11(18)9-3-2-4-10(7-9)17-8-14-15-16-17/h2-4,7-8,12H,5-6H2,1H3,(H,13,18). The number of benzene rings is 1. The summed E-state index contributed by atoms with van der Waals surface area (Å²) >= 11 is 0. The fourth-order valence-corrected chi connectivity index (χ4v) is 1.47. The van der Waals surface area contributed by atoms with E-state index in [1.54, 1.807) is 18.2 Å². The molecule has 0 aliphatic carbocycles. The van der Waals surface area contributed by atoms with Crippen molar-refractivity contribution in [3.63, 3.8) is 0 Å². The van der Waals surface area contributed by atoms with Crippen molar-refractivity contribution in [3.05, 3.63) is 36.2 Å². The molecule has 1 aromatic heterocycles. The van der Waals surface area contributed by atoms with Gasteiger partial charge < -0.3 is 10.6 Å². The van der Waals surface area contributed by atoms with Crippen LogP contribution >= 0.6 is 0 Å². The summed E-state index contributed by atoms with van der Waals surface area (Å²) < 4.78 is 1.50. The van der Waals surface area contributed by atoms with E-state index in [2.05, 4.69) is 26.2 Å². The Morgan fingerprint density at radius 3 is 3.00 bits per heavy atom. The maximum atomic E-state index is 11.8. The maximum absolute atomic E-state index is 11.8. The number of amides is 1. The van der Waals surface area contributed by atoms with Crippen LogP contribution in [-0.2, 0) is 0 Å². The van der Waals surface area contributed by atoms with Crippen molar-refractivity contribution in [1.29, 1.82) is 0 Å². The molecule has 2 rings (SSSR count). The van der Waals surface area contributed by atoms with Gasteiger partial charge in [0.25, 0.3) is 5.91 Å². The van der Waals surface area contributed by atoms with Crippen molar-refractivity contribution in [1.82, 2.24) is 30.8 Å². The van der Waals surface area contributed by atoms with E-state index in [1.807, 2.05) is 13.1 Å². The summed E-state index contributed by atoms with van der Waals surface area (Å²) in [6, 6.07) is 7.12. The molecule has 0 atom stereocenters. The van der Waals surface area contributed by atoms with Gasteiger partial charge in [0.05, 0.1) is 5.69 Å². The average molecular weight is 246 g/mol. The minimum atomic E-state index is -0.111. The first kappa shape index (κ1) is 12.2. The third-order valence-electron chi connectivity index (χ3n) is 2.38. The SMILES string of the molecule is CNCCNC(=O)c1cccc(-n2cnnn2)c1. The van der Waals surface area contributed by atoms with Crippen LogP contribution in [0.2, 0.25) is 0 Å². The number of nitrogens with zero attached hydrogens (tertiary/aromatic N) is 4. The van der Waals surface area contributed by atoms with Crippen LogP contribution in [0, 0.1) is 0 Å². The molecule has 2 N–H and O–H groups in total. The summed E-state index contributed by atoms with van der Waals surface area (Å²) in [5, 5.41) is 16.7. The molecule has 2 aromatic rings. The fourth-order valence-electron chi connectivity index (χ4n) is 1.47. The lowest BCUT2D eigenvalue weighted by Gasteiger charge is -2.06. The molecular formula is C11H14N6O. The third kappa shape index (κ3) is 2.89. The number of aromatic nitrogens is 4. The highest BCUT2D eigenvalue weighted by atomic mass is 16.1. The molecule has 0 saturated carbocycles. The second-order valence-corrected chi connectivity index (χ2v) is 3.66. The van der Waals surface area contributed by atoms with Gasteiger partial charge in [-0.05, 0) is 35.7 Å². The lowest BCUT2D eigenvalue weighted by Crippen LogP contribution is -2.30. The molecule has 0 unspecified atom stereocenters. The molecule has 94 valence electrons. The van der Waals surface area contributed by atoms with Gasteiger partial charge in [-0.2, -0.15) is 0 Å². The summed E-state index contributed by atoms with van der Waals surface area (Å²) in [6.45, 7) is 1.32. The summed E-state index contributed by atoms with van der Waals surface area (Å²) in [4.78, 5) is 11.8. The number of nitrogens with one attached hydrogen (secondary N) is 2. The van der Waals surface area contributed by atoms with Crippen LogP contribution < -0.4 is 10.6 Å². The van der Waals surface area contributed by atoms with Gasteiger partial charge in [0, 0.05) is 18.7 Å². The second-order valence-electron chi connectivity index (χ2n) is 3.66. The Morgan fingerprint density at radius 2 is 2.28 bits per heavy atom. The first-order valence-corrected chi connectivity index (χ1v) is 5.57. The zero-order chi connectivity index (χ0) is 12.8. The average Bonchev–Trinajstić information content (AvgIpc) is 2.93. The molecule has 7 nitrogen and oxygen atoms in total. The molecule has 0 saturated heterocycles. The van der Waals surface area contributed by atoms with Crippen LogP contribution in [0.3, 0.4) is 0 Å². The highest BCUT2D eigenvalue weighted by molar-refractivity contribution is 5.94. The summed E-state index contributed by atoms with van der Waals surface area (Å²) in [5.74, 6) is -0.111. The van der Waals surface area contributed by atoms with Crippen molar-refractivity contribution in [2.75, 3.05) is 20.1 Å². The maximum Gasteiger partial charge on any atom is 0.251 e. The Hall–Kier alpha value is -2.28. The molecule has 0 fully saturated rings. The number of hydrogen-bond donors (Lipinski definition) is 2. The monoisotopic (exact) mass is 246 g/mol. The zero-order valence-corrected chi connectivity index (χ0v) is 10.00. The van der Waals surface area contributed by atoms with Crippen molar-refractivity contribution in [2.45, 2.75) is 0 Å². The Kier molecular flexibility index (Phi) is 3.98. The summed E-state index contributed by atoms with van der Waals surface area (Å²) in [5.41, 5.74) is 1.33. The summed E-state index contributed by atoms with van der Waals surface area (Å²) in [7, 11) is 1.84. The van der Waals surface area contributed by atoms with Gasteiger partial charge >= 0.3 is 0 Å². The van der Waals surface area contributed by atoms with Crippen LogP contribution in [0.4, 0.5) is 0 Å². The van der Waals surface area contributed by atoms with E-state index >= 15 is 0 Å². The molecule has 1 heterocycles. The van der Waals surface area contributed by atoms with Crippen LogP contribution in [0.15, 0.2) is 30.6 Å². The van der Waals surface area contributed by atoms with Gasteiger partial charge in [0.15, 0.2) is 0 Å². The van der Waals surface area contributed by atoms with Gasteiger partial charge in [-0.25, -0.2) is 4.68 Å². The smallest absolute Gasteiger partial charge is 0.251 e. The van der Waals surface area contributed by atoms with E-state index in [1.165, 1.54) is 11.0 Å². The van der Waals surface area contributed by atoms with Crippen molar-refractivity contribution in [2.24, 2.45) is 0 Å². The molecule has 0 aliphatic rings. The molecular weight excluding hydrogens is 232 g/mol. The zero-order valence-electron chi connectivity index (χ0n) is 10.00. The van der Waals surface area contributed by atoms with Gasteiger partial charge in [0.1, 0.15) is 6.33 Å². The Bertz CT molecular complexity index is 510. The molecule has 1 aromatic carbocycles. The molecule has 0 aliphatic heterocycles. The highest BCUT2D eigenvalue weighted by Gasteiger charge is 2.06. The van der Waals surface area contributed by atoms with Crippen molar-refractivity contribution >= 4 is 5.91 Å². The fraction of sp³-hybridized carbons (Fsp3) is 0.273. The Balaban J connectivity index is 2.10. The van der Waals surface area contributed by atoms with Crippen LogP contribution in [0.1, 0.15) is 10.4 Å². The van der Waals surface area contributed by atoms with Crippen molar-refractivity contribution < 1.29 is 4.79 Å². The van der Waals surface area contributed by atoms with Gasteiger partial charge in [-0.15, -0.1) is 5.10 Å². The Morgan fingerprint density at radius 1 is 1.39 bits per heavy atom. The minimum absolute atomic E-state index is 0.111. The molecule has 0 radical (unpaired) electrons. The highest BCUT2D eigenvalue weighted by Crippen LogP contribution is 2.08. The van der Waals surface area contributed by atoms with E-state index in [0.29, 0.717) is 12.1 Å². The molecule has 0 bridgehead atoms. The number of likely N-dealkylation sites (N-methyl/N-ethyl adjacent to an activating group) is 1. The summed E-state index contributed by atoms with van der Waals surface area (Å²) in [6.07, 6.45) is 1.48. The first-order chi connectivity index (χ1) is 8.81. The number of hydrogen-bond acceptors (Lipinski definition) is 5. The third-order valence-corrected chi connectivity index (χ3v) is 2.38. The van der Waals surface area contributed by atoms with Crippen molar-refractivity contribution in [3.8, 4) is 5.69 Å². The first-order valence-electron chi connectivity index (χ1n) is 5.57. The topological polar surface area (TPSA) is 84.7 Å². The van der Waals surface area contributed by atoms with E-state index in [0.717, 1.165) is 12.2 Å². The predicted octanol–water partition coefficient (Wildman–Crippen LogP) is -0.389. The van der Waals surface area contributed by atoms with Crippen LogP contribution in [-0.4, -0.2) is 46.3 Å². The largest absolute Gasteiger partial charge is 0.351 e. The molecule has 18 heavy (non-hydrogen) atoms. The van der Waals surface area contributed by atoms with E-state index in [-0.39, 0.29) is 5.91 Å². The molecule has 0 spiro atoms. The normalized spacial score (nSPS) is 10.3. The van der Waals surface area contributed by atoms with E-state index in [9.17, 15) is 4.79 Å². The quantitative estimate of drug-likeness (QED) is 0.702. The van der Waals surface area contributed by atoms with Crippen LogP contribution in [0.5, 0.6) is 0 Å². The molecule has 7 heteroatoms. The number of rotatable bonds is 5. The number of carbonyl (C=O) groups is 1. The van der Waals surface area contributed by atoms with Crippen LogP contribution in [0.25, 0.3) is 5.69 Å². The lowest BCUT2D eigenvalue weighted by molar-refractivity contribution is 0.0954. The van der Waals surface area contributed by atoms with Gasteiger partial charge in [-0.3, -0.25) is 4.79 Å². The van der Waals surface area contributed by atoms with E-state index < -0.39 is 0 Å². The predicted molar refractivity (Wildman–Crippen MR) is 65.4 cm³/mol. The lowest BCUT2D eigenvalue weighted by atomic mass is 10.2. The number of carbonyl (C=O) groups excluding carboxylic acids is 1. The van der Waals surface area contributed by atoms with Gasteiger partial charge in [-0.1, -0.05) is 6.07 Å². The number of tetrazole rings is 1. The second kappa shape index (κ2) is 5.87. The minimum Gasteiger partial charge on any atom is -0.351 e. The molecule has 1 amide bonds. The Labute approximate surface area is 104 Å². The van der Waals surface area contributed by atoms with Gasteiger partial charge in [0.2, 0.25) is 0 Å².